The maximum atomic E-state index is 12.5. The van der Waals surface area contributed by atoms with Crippen LogP contribution in [0.2, 0.25) is 0 Å². The third-order valence-electron chi connectivity index (χ3n) is 9.76. The number of ether oxygens (including phenoxy) is 1. The van der Waals surface area contributed by atoms with Crippen molar-refractivity contribution in [2.45, 2.75) is 89.4 Å². The number of benzene rings is 2. The molecule has 5 heteroatoms. The normalized spacial score (nSPS) is 27.2. The minimum Gasteiger partial charge on any atom is -0.450 e. The Balaban J connectivity index is 1.19. The molecule has 4 aliphatic heterocycles. The molecule has 0 saturated carbocycles. The maximum Gasteiger partial charge on any atom is 0.410 e. The van der Waals surface area contributed by atoms with Gasteiger partial charge in [0.2, 0.25) is 0 Å². The van der Waals surface area contributed by atoms with E-state index in [9.17, 15) is 4.79 Å². The van der Waals surface area contributed by atoms with Gasteiger partial charge in [0.25, 0.3) is 0 Å². The molecule has 2 bridgehead atoms. The quantitative estimate of drug-likeness (QED) is 0.547. The molecule has 0 N–H and O–H groups in total. The highest BCUT2D eigenvalue weighted by atomic mass is 16.6. The van der Waals surface area contributed by atoms with E-state index in [2.05, 4.69) is 71.0 Å². The molecule has 1 spiro atoms. The van der Waals surface area contributed by atoms with Gasteiger partial charge in [-0.15, -0.1) is 0 Å². The van der Waals surface area contributed by atoms with Crippen LogP contribution in [0.15, 0.2) is 42.5 Å². The predicted molar refractivity (Wildman–Crippen MR) is 145 cm³/mol. The van der Waals surface area contributed by atoms with Crippen LogP contribution >= 0.6 is 0 Å². The van der Waals surface area contributed by atoms with Crippen LogP contribution in [0.4, 0.5) is 10.5 Å². The first-order chi connectivity index (χ1) is 17.5. The summed E-state index contributed by atoms with van der Waals surface area (Å²) in [5.41, 5.74) is 7.39. The number of likely N-dealkylation sites (tertiary alicyclic amines) is 1. The summed E-state index contributed by atoms with van der Waals surface area (Å²) in [5.74, 6) is 0. The van der Waals surface area contributed by atoms with Crippen LogP contribution < -0.4 is 4.90 Å². The zero-order chi connectivity index (χ0) is 24.9. The van der Waals surface area contributed by atoms with Crippen molar-refractivity contribution in [3.8, 4) is 0 Å². The first-order valence-corrected chi connectivity index (χ1v) is 14.1. The zero-order valence-corrected chi connectivity index (χ0v) is 22.2. The highest BCUT2D eigenvalue weighted by molar-refractivity contribution is 5.69. The van der Waals surface area contributed by atoms with Gasteiger partial charge in [0.05, 0.1) is 6.61 Å². The lowest BCUT2D eigenvalue weighted by atomic mass is 9.68. The van der Waals surface area contributed by atoms with Crippen molar-refractivity contribution in [2.24, 2.45) is 0 Å². The molecule has 2 unspecified atom stereocenters. The Kier molecular flexibility index (Phi) is 6.23. The summed E-state index contributed by atoms with van der Waals surface area (Å²) in [4.78, 5) is 20.0. The predicted octanol–water partition coefficient (Wildman–Crippen LogP) is 5.81. The third-order valence-corrected chi connectivity index (χ3v) is 9.76. The van der Waals surface area contributed by atoms with Crippen molar-refractivity contribution >= 4 is 11.8 Å². The van der Waals surface area contributed by atoms with Crippen LogP contribution in [0.5, 0.6) is 0 Å². The average molecular weight is 488 g/mol. The minimum absolute atomic E-state index is 0.0914. The van der Waals surface area contributed by atoms with Crippen molar-refractivity contribution in [2.75, 3.05) is 31.1 Å². The summed E-state index contributed by atoms with van der Waals surface area (Å²) in [7, 11) is 0. The molecule has 4 aliphatic rings. The van der Waals surface area contributed by atoms with Gasteiger partial charge in [-0.3, -0.25) is 0 Å². The second-order valence-electron chi connectivity index (χ2n) is 11.7. The van der Waals surface area contributed by atoms with Crippen LogP contribution in [-0.4, -0.2) is 60.3 Å². The molecule has 5 nitrogen and oxygen atoms in total. The van der Waals surface area contributed by atoms with Crippen molar-refractivity contribution in [1.82, 2.24) is 9.80 Å². The molecule has 36 heavy (non-hydrogen) atoms. The van der Waals surface area contributed by atoms with E-state index in [1.54, 1.807) is 5.56 Å². The minimum atomic E-state index is -0.0914. The zero-order valence-electron chi connectivity index (χ0n) is 22.2. The molecule has 1 amide bonds. The molecule has 4 heterocycles. The first kappa shape index (κ1) is 23.8. The Morgan fingerprint density at radius 2 is 1.69 bits per heavy atom. The molecular weight excluding hydrogens is 446 g/mol. The topological polar surface area (TPSA) is 36.0 Å². The number of fused-ring (bicyclic) bond motifs is 4. The molecule has 0 aliphatic carbocycles. The number of anilines is 1. The number of hydrogen-bond donors (Lipinski definition) is 0. The molecule has 192 valence electrons. The fourth-order valence-electron chi connectivity index (χ4n) is 7.68. The number of amides is 1. The van der Waals surface area contributed by atoms with Gasteiger partial charge in [-0.2, -0.15) is 0 Å². The van der Waals surface area contributed by atoms with Crippen molar-refractivity contribution in [3.05, 3.63) is 64.7 Å². The Bertz CT molecular complexity index is 1110. The van der Waals surface area contributed by atoms with Crippen LogP contribution in [-0.2, 0) is 16.7 Å². The fraction of sp³-hybridized carbons (Fsp3) is 0.581. The summed E-state index contributed by atoms with van der Waals surface area (Å²) in [6.07, 6.45) is 6.80. The number of aryl methyl sites for hydroxylation is 2. The van der Waals surface area contributed by atoms with Gasteiger partial charge in [-0.1, -0.05) is 30.3 Å². The van der Waals surface area contributed by atoms with Crippen molar-refractivity contribution < 1.29 is 9.53 Å². The van der Waals surface area contributed by atoms with Gasteiger partial charge in [0.1, 0.15) is 0 Å². The second-order valence-corrected chi connectivity index (χ2v) is 11.7. The van der Waals surface area contributed by atoms with Gasteiger partial charge >= 0.3 is 6.09 Å². The Labute approximate surface area is 216 Å². The fourth-order valence-corrected chi connectivity index (χ4v) is 7.68. The summed E-state index contributed by atoms with van der Waals surface area (Å²) in [5, 5.41) is 0. The Hall–Kier alpha value is -2.53. The van der Waals surface area contributed by atoms with E-state index in [-0.39, 0.29) is 11.5 Å². The third kappa shape index (κ3) is 4.09. The van der Waals surface area contributed by atoms with Gasteiger partial charge in [-0.05, 0) is 107 Å². The molecule has 2 aromatic carbocycles. The van der Waals surface area contributed by atoms with E-state index in [0.717, 1.165) is 51.9 Å². The lowest BCUT2D eigenvalue weighted by molar-refractivity contribution is 0.0270. The number of nitrogens with zero attached hydrogens (tertiary/aromatic N) is 3. The summed E-state index contributed by atoms with van der Waals surface area (Å²) >= 11 is 0. The van der Waals surface area contributed by atoms with Crippen LogP contribution in [0.3, 0.4) is 0 Å². The van der Waals surface area contributed by atoms with E-state index in [1.807, 2.05) is 6.92 Å². The van der Waals surface area contributed by atoms with E-state index < -0.39 is 0 Å². The molecule has 0 radical (unpaired) electrons. The average Bonchev–Trinajstić information content (AvgIpc) is 3.16. The highest BCUT2D eigenvalue weighted by Crippen LogP contribution is 2.45. The van der Waals surface area contributed by atoms with E-state index >= 15 is 0 Å². The summed E-state index contributed by atoms with van der Waals surface area (Å²) in [6.45, 7) is 11.2. The van der Waals surface area contributed by atoms with Crippen molar-refractivity contribution in [3.63, 3.8) is 0 Å². The standard InChI is InChI=1S/C31H41N3O2/c1-4-36-30(35)34-26-11-12-27(34)19-28(18-26)32-15-13-31(14-16-32)21-33(20-24-7-5-6-8-29(24)31)25-10-9-22(2)23(3)17-25/h5-10,17,26-28H,4,11-16,18-21H2,1-3H3. The first-order valence-electron chi connectivity index (χ1n) is 14.1. The molecule has 0 aromatic heterocycles. The van der Waals surface area contributed by atoms with Crippen LogP contribution in [0, 0.1) is 13.8 Å². The Morgan fingerprint density at radius 1 is 0.972 bits per heavy atom. The Morgan fingerprint density at radius 3 is 2.39 bits per heavy atom. The largest absolute Gasteiger partial charge is 0.450 e. The molecule has 3 saturated heterocycles. The number of carbonyl (C=O) groups is 1. The number of piperidine rings is 2. The van der Waals surface area contributed by atoms with Crippen LogP contribution in [0.1, 0.15) is 67.7 Å². The van der Waals surface area contributed by atoms with Gasteiger partial charge in [-0.25, -0.2) is 4.79 Å². The number of hydrogen-bond acceptors (Lipinski definition) is 4. The highest BCUT2D eigenvalue weighted by Gasteiger charge is 2.48. The molecule has 2 aromatic rings. The van der Waals surface area contributed by atoms with E-state index in [1.165, 1.54) is 35.2 Å². The lowest BCUT2D eigenvalue weighted by Gasteiger charge is -2.52. The molecule has 2 atom stereocenters. The lowest BCUT2D eigenvalue weighted by Crippen LogP contribution is -2.57. The molecule has 3 fully saturated rings. The number of carbonyl (C=O) groups excluding carboxylic acids is 1. The van der Waals surface area contributed by atoms with Crippen LogP contribution in [0.25, 0.3) is 0 Å². The summed E-state index contributed by atoms with van der Waals surface area (Å²) < 4.78 is 5.38. The maximum absolute atomic E-state index is 12.5. The number of rotatable bonds is 3. The van der Waals surface area contributed by atoms with E-state index in [4.69, 9.17) is 4.74 Å². The van der Waals surface area contributed by atoms with Crippen molar-refractivity contribution in [1.29, 1.82) is 0 Å². The smallest absolute Gasteiger partial charge is 0.410 e. The molecular formula is C31H41N3O2. The second kappa shape index (κ2) is 9.41. The summed E-state index contributed by atoms with van der Waals surface area (Å²) in [6, 6.07) is 17.5. The SMILES string of the molecule is CCOC(=O)N1C2CCC1CC(N1CCC3(CC1)CN(c1ccc(C)c(C)c1)Cc1ccccc13)C2. The van der Waals surface area contributed by atoms with E-state index in [0.29, 0.717) is 24.7 Å². The van der Waals surface area contributed by atoms with Gasteiger partial charge < -0.3 is 19.4 Å². The molecule has 6 rings (SSSR count). The van der Waals surface area contributed by atoms with Gasteiger partial charge in [0, 0.05) is 42.3 Å². The van der Waals surface area contributed by atoms with Gasteiger partial charge in [0.15, 0.2) is 0 Å². The monoisotopic (exact) mass is 487 g/mol.